The fourth-order valence-electron chi connectivity index (χ4n) is 4.53. The lowest BCUT2D eigenvalue weighted by atomic mass is 10.1. The second kappa shape index (κ2) is 35.9. The number of rotatable bonds is 40. The van der Waals surface area contributed by atoms with Crippen LogP contribution in [0.4, 0.5) is 24.5 Å². The van der Waals surface area contributed by atoms with Gasteiger partial charge in [-0.2, -0.15) is 13.2 Å². The fraction of sp³-hybridized carbons (Fsp3) is 0.675. The van der Waals surface area contributed by atoms with Gasteiger partial charge in [-0.1, -0.05) is 18.2 Å². The number of hydrogen-bond donors (Lipinski definition) is 1. The van der Waals surface area contributed by atoms with Crippen molar-refractivity contribution in [2.24, 2.45) is 0 Å². The van der Waals surface area contributed by atoms with Crippen LogP contribution < -0.4 is 5.32 Å². The minimum absolute atomic E-state index is 0.00414. The van der Waals surface area contributed by atoms with Gasteiger partial charge in [-0.05, 0) is 37.3 Å². The molecular weight excluding hydrogens is 775 g/mol. The van der Waals surface area contributed by atoms with Gasteiger partial charge in [-0.15, -0.1) is 0 Å². The molecule has 0 fully saturated rings. The number of para-hydroxylation sites is 1. The molecule has 2 aromatic carbocycles. The van der Waals surface area contributed by atoms with Crippen LogP contribution in [0.2, 0.25) is 0 Å². The molecule has 0 heterocycles. The van der Waals surface area contributed by atoms with Crippen molar-refractivity contribution < 1.29 is 79.5 Å². The van der Waals surface area contributed by atoms with Gasteiger partial charge in [0.1, 0.15) is 6.61 Å². The van der Waals surface area contributed by atoms with Gasteiger partial charge in [-0.25, -0.2) is 4.79 Å². The van der Waals surface area contributed by atoms with Gasteiger partial charge < -0.3 is 66.9 Å². The highest BCUT2D eigenvalue weighted by Crippen LogP contribution is 2.32. The summed E-state index contributed by atoms with van der Waals surface area (Å²) in [4.78, 5) is 12.6. The summed E-state index contributed by atoms with van der Waals surface area (Å²) in [7, 11) is 0. The van der Waals surface area contributed by atoms with Crippen molar-refractivity contribution >= 4 is 17.3 Å². The first-order valence-corrected chi connectivity index (χ1v) is 19.5. The van der Waals surface area contributed by atoms with Crippen LogP contribution in [0, 0.1) is 0 Å². The molecule has 15 nitrogen and oxygen atoms in total. The normalized spacial score (nSPS) is 11.7. The van der Waals surface area contributed by atoms with E-state index in [-0.39, 0.29) is 24.5 Å². The van der Waals surface area contributed by atoms with E-state index >= 15 is 0 Å². The van der Waals surface area contributed by atoms with E-state index in [1.165, 1.54) is 18.2 Å². The van der Waals surface area contributed by atoms with E-state index in [2.05, 4.69) is 5.32 Å². The summed E-state index contributed by atoms with van der Waals surface area (Å²) in [5, 5.41) is 2.86. The smallest absolute Gasteiger partial charge is 0.416 e. The van der Waals surface area contributed by atoms with E-state index in [0.717, 1.165) is 12.1 Å². The Morgan fingerprint density at radius 2 is 0.810 bits per heavy atom. The van der Waals surface area contributed by atoms with Gasteiger partial charge in [0.2, 0.25) is 0 Å². The Balaban J connectivity index is 1.26. The molecule has 0 saturated heterocycles. The molecule has 0 unspecified atom stereocenters. The van der Waals surface area contributed by atoms with Crippen molar-refractivity contribution in [3.05, 3.63) is 59.7 Å². The summed E-state index contributed by atoms with van der Waals surface area (Å²) >= 11 is 0. The lowest BCUT2D eigenvalue weighted by Crippen LogP contribution is -2.16. The first-order chi connectivity index (χ1) is 28.4. The number of nitrogens with one attached hydrogen (secondary N) is 1. The Labute approximate surface area is 339 Å². The number of alkyl halides is 3. The highest BCUT2D eigenvalue weighted by Gasteiger charge is 2.30. The monoisotopic (exact) mass is 837 g/mol. The largest absolute Gasteiger partial charge is 0.460 e. The number of carbonyl (C=O) groups is 1. The molecule has 332 valence electrons. The molecule has 2 aromatic rings. The van der Waals surface area contributed by atoms with Crippen LogP contribution in [-0.2, 0) is 67.8 Å². The van der Waals surface area contributed by atoms with E-state index in [0.29, 0.717) is 158 Å². The third-order valence-corrected chi connectivity index (χ3v) is 7.37. The van der Waals surface area contributed by atoms with Crippen molar-refractivity contribution in [3.63, 3.8) is 0 Å². The zero-order chi connectivity index (χ0) is 41.6. The maximum atomic E-state index is 13.1. The first kappa shape index (κ1) is 51.2. The quantitative estimate of drug-likeness (QED) is 0.0722. The number of benzene rings is 2. The van der Waals surface area contributed by atoms with Crippen LogP contribution in [0.15, 0.2) is 48.5 Å². The van der Waals surface area contributed by atoms with Crippen LogP contribution in [0.3, 0.4) is 0 Å². The highest BCUT2D eigenvalue weighted by atomic mass is 19.4. The predicted molar refractivity (Wildman–Crippen MR) is 207 cm³/mol. The minimum atomic E-state index is -4.48. The zero-order valence-electron chi connectivity index (χ0n) is 33.6. The second-order valence-electron chi connectivity index (χ2n) is 11.8. The number of halogens is 3. The molecule has 0 saturated carbocycles. The molecule has 0 bridgehead atoms. The molecule has 0 aromatic heterocycles. The number of carbonyl (C=O) groups excluding carboxylic acids is 1. The summed E-state index contributed by atoms with van der Waals surface area (Å²) in [6, 6.07) is 11.1. The molecule has 0 aliphatic carbocycles. The molecule has 58 heavy (non-hydrogen) atoms. The van der Waals surface area contributed by atoms with Crippen LogP contribution in [0.5, 0.6) is 0 Å². The number of esters is 1. The Hall–Kier alpha value is -2.98. The average molecular weight is 838 g/mol. The molecule has 0 amide bonds. The zero-order valence-corrected chi connectivity index (χ0v) is 33.6. The lowest BCUT2D eigenvalue weighted by molar-refractivity contribution is -0.137. The van der Waals surface area contributed by atoms with Crippen LogP contribution >= 0.6 is 0 Å². The summed E-state index contributed by atoms with van der Waals surface area (Å²) in [6.07, 6.45) is -4.48. The third-order valence-electron chi connectivity index (χ3n) is 7.37. The third kappa shape index (κ3) is 28.4. The molecule has 0 atom stereocenters. The van der Waals surface area contributed by atoms with Gasteiger partial charge in [0.25, 0.3) is 0 Å². The molecule has 2 rings (SSSR count). The molecule has 18 heteroatoms. The average Bonchev–Trinajstić information content (AvgIpc) is 3.22. The van der Waals surface area contributed by atoms with Crippen molar-refractivity contribution in [2.45, 2.75) is 13.1 Å². The van der Waals surface area contributed by atoms with Crippen LogP contribution in [-0.4, -0.2) is 171 Å². The van der Waals surface area contributed by atoms with E-state index in [4.69, 9.17) is 61.6 Å². The highest BCUT2D eigenvalue weighted by molar-refractivity contribution is 5.96. The van der Waals surface area contributed by atoms with Crippen molar-refractivity contribution in [1.29, 1.82) is 0 Å². The molecule has 1 N–H and O–H groups in total. The number of anilines is 2. The van der Waals surface area contributed by atoms with E-state index < -0.39 is 17.7 Å². The molecule has 0 spiro atoms. The second-order valence-corrected chi connectivity index (χ2v) is 11.8. The van der Waals surface area contributed by atoms with Gasteiger partial charge in [-0.3, -0.25) is 0 Å². The maximum Gasteiger partial charge on any atom is 0.416 e. The van der Waals surface area contributed by atoms with Gasteiger partial charge in [0.15, 0.2) is 0 Å². The van der Waals surface area contributed by atoms with Gasteiger partial charge >= 0.3 is 12.1 Å². The van der Waals surface area contributed by atoms with Crippen molar-refractivity contribution in [1.82, 2.24) is 0 Å². The Morgan fingerprint density at radius 3 is 1.17 bits per heavy atom. The van der Waals surface area contributed by atoms with Crippen molar-refractivity contribution in [2.75, 3.05) is 170 Å². The summed E-state index contributed by atoms with van der Waals surface area (Å²) < 4.78 is 110. The Morgan fingerprint density at radius 1 is 0.466 bits per heavy atom. The SMILES string of the molecule is CCOCCOCCOCCOCCOCCOCCOCCOCCOCCOCCOCCOCCOC(=O)c1ccccc1Nc1cccc(C(F)(F)F)c1. The number of hydrogen-bond acceptors (Lipinski definition) is 15. The van der Waals surface area contributed by atoms with Crippen molar-refractivity contribution in [3.8, 4) is 0 Å². The molecule has 0 aliphatic heterocycles. The maximum absolute atomic E-state index is 13.1. The summed E-state index contributed by atoms with van der Waals surface area (Å²) in [6.45, 7) is 13.1. The number of ether oxygens (including phenoxy) is 13. The lowest BCUT2D eigenvalue weighted by Gasteiger charge is -2.13. The fourth-order valence-corrected chi connectivity index (χ4v) is 4.53. The van der Waals surface area contributed by atoms with Gasteiger partial charge in [0, 0.05) is 12.3 Å². The van der Waals surface area contributed by atoms with E-state index in [1.807, 2.05) is 6.92 Å². The Kier molecular flexibility index (Phi) is 31.7. The van der Waals surface area contributed by atoms with E-state index in [1.54, 1.807) is 18.2 Å². The van der Waals surface area contributed by atoms with Crippen LogP contribution in [0.1, 0.15) is 22.8 Å². The molecule has 0 radical (unpaired) electrons. The molecule has 0 aliphatic rings. The predicted octanol–water partition coefficient (Wildman–Crippen LogP) is 4.82. The topological polar surface area (TPSA) is 149 Å². The summed E-state index contributed by atoms with van der Waals surface area (Å²) in [5.74, 6) is -0.630. The standard InChI is InChI=1S/C40H62F3NO14/c1-2-46-10-11-47-12-13-48-14-15-49-16-17-50-18-19-51-20-21-52-22-23-53-24-25-54-26-27-55-28-29-56-30-31-57-32-33-58-39(45)37-8-3-4-9-38(37)44-36-7-5-6-35(34-36)40(41,42)43/h3-9,34,44H,2,10-33H2,1H3. The van der Waals surface area contributed by atoms with Gasteiger partial charge in [0.05, 0.1) is 169 Å². The molecular formula is C40H62F3NO14. The van der Waals surface area contributed by atoms with E-state index in [9.17, 15) is 18.0 Å². The minimum Gasteiger partial charge on any atom is -0.460 e. The summed E-state index contributed by atoms with van der Waals surface area (Å²) in [5.41, 5.74) is -0.0964. The van der Waals surface area contributed by atoms with Crippen LogP contribution in [0.25, 0.3) is 0 Å². The Bertz CT molecular complexity index is 1260. The first-order valence-electron chi connectivity index (χ1n) is 19.5.